The number of dihydropyridines is 1. The summed E-state index contributed by atoms with van der Waals surface area (Å²) in [5, 5.41) is 1.38. The van der Waals surface area contributed by atoms with Crippen molar-refractivity contribution in [1.82, 2.24) is 9.47 Å². The molecule has 3 heteroatoms. The highest BCUT2D eigenvalue weighted by Crippen LogP contribution is 2.56. The van der Waals surface area contributed by atoms with Gasteiger partial charge in [-0.25, -0.2) is 0 Å². The summed E-state index contributed by atoms with van der Waals surface area (Å²) in [6.45, 7) is 15.8. The SMILES string of the molecule is CC1CC=C(N(C2(C)C=C3C(=CC2)c2ccccc2C3(C)C)C2(C)CC=C(C3C=Cc4c(c5ccccc5n4-c4ccccc4)C3)C(C)C2)C=C1C1=CCCN=C1. The van der Waals surface area contributed by atoms with Crippen LogP contribution in [0.25, 0.3) is 28.2 Å². The van der Waals surface area contributed by atoms with Crippen LogP contribution in [0.4, 0.5) is 0 Å². The summed E-state index contributed by atoms with van der Waals surface area (Å²) in [5.74, 6) is 1.32. The number of benzene rings is 3. The number of fused-ring (bicyclic) bond motifs is 6. The largest absolute Gasteiger partial charge is 0.357 e. The minimum atomic E-state index is -0.195. The molecule has 4 aromatic rings. The van der Waals surface area contributed by atoms with Crippen LogP contribution in [0.15, 0.2) is 154 Å². The van der Waals surface area contributed by atoms with Gasteiger partial charge in [0.05, 0.1) is 11.1 Å². The third-order valence-electron chi connectivity index (χ3n) is 14.5. The van der Waals surface area contributed by atoms with E-state index in [2.05, 4.69) is 185 Å². The number of rotatable bonds is 6. The highest BCUT2D eigenvalue weighted by molar-refractivity contribution is 5.92. The molecule has 5 aliphatic carbocycles. The molecule has 288 valence electrons. The van der Waals surface area contributed by atoms with Crippen molar-refractivity contribution in [2.45, 2.75) is 96.6 Å². The fourth-order valence-electron chi connectivity index (χ4n) is 11.8. The van der Waals surface area contributed by atoms with Crippen LogP contribution in [0.5, 0.6) is 0 Å². The number of para-hydroxylation sites is 2. The molecule has 0 spiro atoms. The predicted molar refractivity (Wildman–Crippen MR) is 241 cm³/mol. The van der Waals surface area contributed by atoms with E-state index in [-0.39, 0.29) is 16.5 Å². The third-order valence-corrected chi connectivity index (χ3v) is 14.5. The van der Waals surface area contributed by atoms with Gasteiger partial charge in [0, 0.05) is 52.1 Å². The van der Waals surface area contributed by atoms with Gasteiger partial charge in [-0.2, -0.15) is 0 Å². The first kappa shape index (κ1) is 36.2. The smallest absolute Gasteiger partial charge is 0.0603 e. The summed E-state index contributed by atoms with van der Waals surface area (Å²) in [7, 11) is 0. The lowest BCUT2D eigenvalue weighted by atomic mass is 9.68. The molecule has 1 aliphatic heterocycles. The second-order valence-electron chi connectivity index (χ2n) is 18.8. The third kappa shape index (κ3) is 5.78. The first-order valence-electron chi connectivity index (χ1n) is 21.6. The van der Waals surface area contributed by atoms with E-state index in [1.807, 2.05) is 0 Å². The lowest BCUT2D eigenvalue weighted by molar-refractivity contribution is 0.0439. The van der Waals surface area contributed by atoms with Crippen molar-refractivity contribution in [2.75, 3.05) is 6.54 Å². The Balaban J connectivity index is 1.04. The standard InChI is InChI=1S/C54H57N3/c1-36-22-24-41(32-46(36)39-15-14-30-55-35-39)57(54(6)29-27-44-43-18-10-12-20-48(43)52(3,4)49(44)34-54)53(5)28-26-42(37(2)33-53)38-23-25-51-47(31-38)45-19-11-13-21-50(45)56(51)40-16-8-7-9-17-40/h7-13,15-21,23-27,32,34-38H,14,22,28-31,33H2,1-6H3. The number of hydrogen-bond acceptors (Lipinski definition) is 2. The predicted octanol–water partition coefficient (Wildman–Crippen LogP) is 12.9. The van der Waals surface area contributed by atoms with Gasteiger partial charge >= 0.3 is 0 Å². The quantitative estimate of drug-likeness (QED) is 0.180. The number of allylic oxidation sites excluding steroid dienone is 8. The van der Waals surface area contributed by atoms with E-state index in [1.165, 1.54) is 67.0 Å². The van der Waals surface area contributed by atoms with E-state index in [0.29, 0.717) is 17.8 Å². The molecule has 0 bridgehead atoms. The van der Waals surface area contributed by atoms with Gasteiger partial charge in [0.1, 0.15) is 0 Å². The Hall–Kier alpha value is -5.15. The van der Waals surface area contributed by atoms with Crippen LogP contribution >= 0.6 is 0 Å². The zero-order valence-electron chi connectivity index (χ0n) is 34.7. The average Bonchev–Trinajstić information content (AvgIpc) is 3.66. The Morgan fingerprint density at radius 3 is 2.40 bits per heavy atom. The van der Waals surface area contributed by atoms with E-state index >= 15 is 0 Å². The lowest BCUT2D eigenvalue weighted by Crippen LogP contribution is -2.58. The van der Waals surface area contributed by atoms with Crippen molar-refractivity contribution in [3.05, 3.63) is 172 Å². The molecular formula is C54H57N3. The van der Waals surface area contributed by atoms with E-state index in [4.69, 9.17) is 4.99 Å². The molecule has 0 saturated carbocycles. The number of aromatic nitrogens is 1. The Morgan fingerprint density at radius 2 is 1.60 bits per heavy atom. The van der Waals surface area contributed by atoms with Crippen LogP contribution < -0.4 is 0 Å². The number of nitrogens with zero attached hydrogens (tertiary/aromatic N) is 3. The fourth-order valence-corrected chi connectivity index (χ4v) is 11.8. The highest BCUT2D eigenvalue weighted by atomic mass is 15.3. The fraction of sp³-hybridized carbons (Fsp3) is 0.352. The molecule has 5 atom stereocenters. The molecule has 57 heavy (non-hydrogen) atoms. The van der Waals surface area contributed by atoms with Gasteiger partial charge in [-0.15, -0.1) is 0 Å². The number of hydrogen-bond donors (Lipinski definition) is 0. The monoisotopic (exact) mass is 747 g/mol. The van der Waals surface area contributed by atoms with Gasteiger partial charge in [-0.1, -0.05) is 130 Å². The summed E-state index contributed by atoms with van der Waals surface area (Å²) < 4.78 is 2.46. The summed E-state index contributed by atoms with van der Waals surface area (Å²) in [6, 6.07) is 29.0. The first-order chi connectivity index (χ1) is 27.6. The summed E-state index contributed by atoms with van der Waals surface area (Å²) in [4.78, 5) is 7.63. The molecule has 6 aliphatic rings. The van der Waals surface area contributed by atoms with Crippen molar-refractivity contribution >= 4 is 28.8 Å². The van der Waals surface area contributed by atoms with Gasteiger partial charge in [0.15, 0.2) is 0 Å². The molecule has 3 nitrogen and oxygen atoms in total. The molecule has 3 aromatic carbocycles. The Kier molecular flexibility index (Phi) is 8.56. The van der Waals surface area contributed by atoms with Crippen molar-refractivity contribution in [3.8, 4) is 5.69 Å². The van der Waals surface area contributed by atoms with Gasteiger partial charge in [0.25, 0.3) is 0 Å². The Morgan fingerprint density at radius 1 is 0.807 bits per heavy atom. The number of aliphatic imine (C=N–C) groups is 1. The normalized spacial score (nSPS) is 28.6. The van der Waals surface area contributed by atoms with Gasteiger partial charge < -0.3 is 9.47 Å². The molecule has 5 unspecified atom stereocenters. The molecular weight excluding hydrogens is 691 g/mol. The van der Waals surface area contributed by atoms with Crippen LogP contribution in [-0.2, 0) is 11.8 Å². The average molecular weight is 748 g/mol. The molecule has 1 aromatic heterocycles. The second kappa shape index (κ2) is 13.5. The van der Waals surface area contributed by atoms with Crippen LogP contribution in [0, 0.1) is 17.8 Å². The van der Waals surface area contributed by atoms with E-state index in [9.17, 15) is 0 Å². The zero-order valence-corrected chi connectivity index (χ0v) is 34.7. The van der Waals surface area contributed by atoms with Crippen LogP contribution in [0.3, 0.4) is 0 Å². The highest BCUT2D eigenvalue weighted by Gasteiger charge is 2.49. The maximum Gasteiger partial charge on any atom is 0.0603 e. The van der Waals surface area contributed by atoms with Gasteiger partial charge in [-0.3, -0.25) is 4.99 Å². The minimum Gasteiger partial charge on any atom is -0.357 e. The first-order valence-corrected chi connectivity index (χ1v) is 21.6. The summed E-state index contributed by atoms with van der Waals surface area (Å²) >= 11 is 0. The topological polar surface area (TPSA) is 20.5 Å². The molecule has 0 amide bonds. The van der Waals surface area contributed by atoms with Crippen molar-refractivity contribution in [2.24, 2.45) is 22.7 Å². The maximum absolute atomic E-state index is 4.73. The molecule has 0 fully saturated rings. The molecule has 0 radical (unpaired) electrons. The Bertz CT molecular complexity index is 2540. The molecule has 2 heterocycles. The second-order valence-corrected chi connectivity index (χ2v) is 18.8. The minimum absolute atomic E-state index is 0.0424. The summed E-state index contributed by atoms with van der Waals surface area (Å²) in [6.07, 6.45) is 28.8. The van der Waals surface area contributed by atoms with Crippen molar-refractivity contribution in [3.63, 3.8) is 0 Å². The van der Waals surface area contributed by atoms with Crippen molar-refractivity contribution in [1.29, 1.82) is 0 Å². The van der Waals surface area contributed by atoms with Crippen molar-refractivity contribution < 1.29 is 0 Å². The maximum atomic E-state index is 4.73. The van der Waals surface area contributed by atoms with Crippen LogP contribution in [-0.4, -0.2) is 33.3 Å². The van der Waals surface area contributed by atoms with Crippen LogP contribution in [0.1, 0.15) is 96.0 Å². The lowest BCUT2D eigenvalue weighted by Gasteiger charge is -2.56. The van der Waals surface area contributed by atoms with E-state index in [1.54, 1.807) is 5.57 Å². The van der Waals surface area contributed by atoms with E-state index < -0.39 is 0 Å². The Labute approximate surface area is 340 Å². The van der Waals surface area contributed by atoms with Gasteiger partial charge in [-0.05, 0) is 134 Å². The molecule has 10 rings (SSSR count). The summed E-state index contributed by atoms with van der Waals surface area (Å²) in [5.41, 5.74) is 16.6. The van der Waals surface area contributed by atoms with E-state index in [0.717, 1.165) is 45.1 Å². The zero-order chi connectivity index (χ0) is 39.1. The van der Waals surface area contributed by atoms with Gasteiger partial charge in [0.2, 0.25) is 0 Å². The molecule has 0 saturated heterocycles. The molecule has 0 N–H and O–H groups in total. The van der Waals surface area contributed by atoms with Crippen LogP contribution in [0.2, 0.25) is 0 Å².